The zero-order valence-electron chi connectivity index (χ0n) is 42.3. The van der Waals surface area contributed by atoms with Gasteiger partial charge in [0.1, 0.15) is 0 Å². The Morgan fingerprint density at radius 3 is 0.463 bits per heavy atom. The molecule has 0 heterocycles. The van der Waals surface area contributed by atoms with Gasteiger partial charge in [-0.15, -0.1) is 0 Å². The summed E-state index contributed by atoms with van der Waals surface area (Å²) < 4.78 is 93.3. The molecule has 1 N–H and O–H groups in total. The summed E-state index contributed by atoms with van der Waals surface area (Å²) in [6.07, 6.45) is 17.7. The number of rotatable bonds is 64. The summed E-state index contributed by atoms with van der Waals surface area (Å²) in [7, 11) is 0. The third kappa shape index (κ3) is 65.3. The number of hydrogen-bond donors (Lipinski definition) is 1. The van der Waals surface area contributed by atoms with E-state index >= 15 is 0 Å². The van der Waals surface area contributed by atoms with Crippen LogP contribution in [-0.2, 0) is 80.5 Å². The topological polar surface area (TPSA) is 177 Å². The van der Waals surface area contributed by atoms with E-state index in [2.05, 4.69) is 6.92 Å². The molecule has 0 aliphatic heterocycles. The van der Waals surface area contributed by atoms with Gasteiger partial charge in [0.15, 0.2) is 0 Å². The highest BCUT2D eigenvalue weighted by Gasteiger charge is 1.99. The molecule has 0 aromatic carbocycles. The molecule has 0 bridgehead atoms. The van der Waals surface area contributed by atoms with Crippen LogP contribution in [0.5, 0.6) is 0 Å². The second kappa shape index (κ2) is 65.3. The highest BCUT2D eigenvalue weighted by atomic mass is 16.6. The molecule has 18 heteroatoms. The summed E-state index contributed by atoms with van der Waals surface area (Å²) in [6, 6.07) is 0. The number of ether oxygens (including phenoxy) is 17. The molecule has 18 nitrogen and oxygen atoms in total. The SMILES string of the molecule is CCCCCCCCCCCCCCCOCCOCCOCCOCCOCCOCCOCCOCCOCCOCCOCCOCCOCCOCCOCCOCCOCCO. The smallest absolute Gasteiger partial charge is 0.0701 e. The van der Waals surface area contributed by atoms with E-state index < -0.39 is 0 Å². The maximum Gasteiger partial charge on any atom is 0.0701 e. The fourth-order valence-corrected chi connectivity index (χ4v) is 5.91. The fraction of sp³-hybridized carbons (Fsp3) is 1.00. The van der Waals surface area contributed by atoms with E-state index in [1.165, 1.54) is 77.0 Å². The predicted molar refractivity (Wildman–Crippen MR) is 257 cm³/mol. The molecule has 0 aliphatic rings. The first-order valence-corrected chi connectivity index (χ1v) is 25.8. The van der Waals surface area contributed by atoms with Gasteiger partial charge in [0.2, 0.25) is 0 Å². The van der Waals surface area contributed by atoms with Crippen LogP contribution in [0.15, 0.2) is 0 Å². The van der Waals surface area contributed by atoms with Gasteiger partial charge in [0.25, 0.3) is 0 Å². The Hall–Kier alpha value is -0.720. The Bertz CT molecular complexity index is 775. The normalized spacial score (nSPS) is 11.7. The molecule has 0 saturated heterocycles. The number of aliphatic hydroxyl groups is 1. The van der Waals surface area contributed by atoms with Crippen LogP contribution in [0.4, 0.5) is 0 Å². The van der Waals surface area contributed by atoms with Crippen LogP contribution in [0, 0.1) is 0 Å². The van der Waals surface area contributed by atoms with Crippen molar-refractivity contribution >= 4 is 0 Å². The standard InChI is InChI=1S/C49H100O18/c1-2-3-4-5-6-7-8-9-10-11-12-13-14-16-51-18-20-53-22-24-55-26-28-57-30-32-59-34-36-61-38-40-63-42-44-65-46-48-67-49-47-66-45-43-64-41-39-62-37-35-60-33-31-58-29-27-56-25-23-54-21-19-52-17-15-50/h50H,2-49H2,1H3. The van der Waals surface area contributed by atoms with Gasteiger partial charge in [0, 0.05) is 6.61 Å². The maximum absolute atomic E-state index is 8.60. The van der Waals surface area contributed by atoms with Crippen molar-refractivity contribution in [3.63, 3.8) is 0 Å². The molecule has 0 saturated carbocycles. The molecule has 67 heavy (non-hydrogen) atoms. The summed E-state index contributed by atoms with van der Waals surface area (Å²) >= 11 is 0. The largest absolute Gasteiger partial charge is 0.394 e. The molecule has 0 radical (unpaired) electrons. The van der Waals surface area contributed by atoms with Crippen molar-refractivity contribution in [3.05, 3.63) is 0 Å². The Kier molecular flexibility index (Phi) is 64.6. The predicted octanol–water partition coefficient (Wildman–Crippen LogP) is 5.35. The lowest BCUT2D eigenvalue weighted by molar-refractivity contribution is -0.0308. The van der Waals surface area contributed by atoms with Crippen LogP contribution in [0.1, 0.15) is 90.4 Å². The summed E-state index contributed by atoms with van der Waals surface area (Å²) in [5, 5.41) is 8.60. The molecule has 0 rings (SSSR count). The van der Waals surface area contributed by atoms with Crippen molar-refractivity contribution in [2.45, 2.75) is 90.4 Å². The van der Waals surface area contributed by atoms with E-state index in [1.807, 2.05) is 0 Å². The average Bonchev–Trinajstić information content (AvgIpc) is 3.34. The number of unbranched alkanes of at least 4 members (excludes halogenated alkanes) is 12. The quantitative estimate of drug-likeness (QED) is 0.0771. The number of aliphatic hydroxyl groups excluding tert-OH is 1. The van der Waals surface area contributed by atoms with Crippen LogP contribution in [0.25, 0.3) is 0 Å². The lowest BCUT2D eigenvalue weighted by Gasteiger charge is -2.09. The summed E-state index contributed by atoms with van der Waals surface area (Å²) in [5.74, 6) is 0. The summed E-state index contributed by atoms with van der Waals surface area (Å²) in [6.45, 7) is 19.9. The average molecular weight is 977 g/mol. The highest BCUT2D eigenvalue weighted by Crippen LogP contribution is 2.12. The molecule has 0 aromatic heterocycles. The molecule has 0 spiro atoms. The van der Waals surface area contributed by atoms with Crippen molar-refractivity contribution in [1.29, 1.82) is 0 Å². The molecular weight excluding hydrogens is 877 g/mol. The molecule has 0 fully saturated rings. The maximum atomic E-state index is 8.60. The van der Waals surface area contributed by atoms with Crippen LogP contribution in [-0.4, -0.2) is 236 Å². The van der Waals surface area contributed by atoms with Gasteiger partial charge in [-0.25, -0.2) is 0 Å². The third-order valence-corrected chi connectivity index (χ3v) is 9.58. The highest BCUT2D eigenvalue weighted by molar-refractivity contribution is 4.49. The summed E-state index contributed by atoms with van der Waals surface area (Å²) in [5.41, 5.74) is 0. The van der Waals surface area contributed by atoms with Crippen LogP contribution >= 0.6 is 0 Å². The monoisotopic (exact) mass is 977 g/mol. The van der Waals surface area contributed by atoms with Gasteiger partial charge in [-0.3, -0.25) is 0 Å². The van der Waals surface area contributed by atoms with Crippen molar-refractivity contribution in [2.75, 3.05) is 231 Å². The second-order valence-electron chi connectivity index (χ2n) is 15.4. The Labute approximate surface area is 406 Å². The molecule has 0 aliphatic carbocycles. The first kappa shape index (κ1) is 66.3. The van der Waals surface area contributed by atoms with Crippen LogP contribution in [0.3, 0.4) is 0 Å². The van der Waals surface area contributed by atoms with E-state index in [9.17, 15) is 0 Å². The van der Waals surface area contributed by atoms with E-state index in [0.717, 1.165) is 13.0 Å². The van der Waals surface area contributed by atoms with Gasteiger partial charge in [-0.2, -0.15) is 0 Å². The van der Waals surface area contributed by atoms with Gasteiger partial charge in [0.05, 0.1) is 225 Å². The van der Waals surface area contributed by atoms with Crippen molar-refractivity contribution in [2.24, 2.45) is 0 Å². The van der Waals surface area contributed by atoms with Gasteiger partial charge in [-0.05, 0) is 6.42 Å². The van der Waals surface area contributed by atoms with Crippen LogP contribution < -0.4 is 0 Å². The summed E-state index contributed by atoms with van der Waals surface area (Å²) in [4.78, 5) is 0. The van der Waals surface area contributed by atoms with E-state index in [1.54, 1.807) is 0 Å². The molecule has 0 aromatic rings. The lowest BCUT2D eigenvalue weighted by atomic mass is 10.0. The molecular formula is C49H100O18. The minimum atomic E-state index is 0.0220. The van der Waals surface area contributed by atoms with E-state index in [0.29, 0.717) is 218 Å². The number of hydrogen-bond acceptors (Lipinski definition) is 18. The zero-order valence-corrected chi connectivity index (χ0v) is 42.3. The van der Waals surface area contributed by atoms with E-state index in [4.69, 9.17) is 85.6 Å². The van der Waals surface area contributed by atoms with Crippen molar-refractivity contribution in [3.8, 4) is 0 Å². The van der Waals surface area contributed by atoms with Crippen LogP contribution in [0.2, 0.25) is 0 Å². The molecule has 0 unspecified atom stereocenters. The third-order valence-electron chi connectivity index (χ3n) is 9.58. The van der Waals surface area contributed by atoms with Crippen molar-refractivity contribution < 1.29 is 85.6 Å². The molecule has 0 atom stereocenters. The molecule has 0 amide bonds. The Morgan fingerprint density at radius 1 is 0.164 bits per heavy atom. The zero-order chi connectivity index (χ0) is 48.0. The minimum Gasteiger partial charge on any atom is -0.394 e. The lowest BCUT2D eigenvalue weighted by Crippen LogP contribution is -2.16. The van der Waals surface area contributed by atoms with Gasteiger partial charge < -0.3 is 85.6 Å². The van der Waals surface area contributed by atoms with Crippen molar-refractivity contribution in [1.82, 2.24) is 0 Å². The Morgan fingerprint density at radius 2 is 0.299 bits per heavy atom. The Balaban J connectivity index is 3.07. The minimum absolute atomic E-state index is 0.0220. The first-order valence-electron chi connectivity index (χ1n) is 25.8. The molecule has 404 valence electrons. The van der Waals surface area contributed by atoms with Gasteiger partial charge in [-0.1, -0.05) is 84.0 Å². The first-order chi connectivity index (χ1) is 33.4. The second-order valence-corrected chi connectivity index (χ2v) is 15.4. The van der Waals surface area contributed by atoms with Gasteiger partial charge >= 0.3 is 0 Å². The van der Waals surface area contributed by atoms with E-state index in [-0.39, 0.29) is 6.61 Å². The fourth-order valence-electron chi connectivity index (χ4n) is 5.91.